The lowest BCUT2D eigenvalue weighted by Crippen LogP contribution is -2.26. The van der Waals surface area contributed by atoms with Crippen LogP contribution < -0.4 is 5.73 Å². The van der Waals surface area contributed by atoms with Crippen molar-refractivity contribution in [1.82, 2.24) is 9.88 Å². The molecule has 3 rings (SSSR count). The van der Waals surface area contributed by atoms with Gasteiger partial charge in [-0.2, -0.15) is 0 Å². The van der Waals surface area contributed by atoms with E-state index in [1.54, 1.807) is 16.2 Å². The van der Waals surface area contributed by atoms with Crippen molar-refractivity contribution in [3.8, 4) is 0 Å². The molecule has 4 nitrogen and oxygen atoms in total. The van der Waals surface area contributed by atoms with Crippen molar-refractivity contribution in [2.45, 2.75) is 6.54 Å². The highest BCUT2D eigenvalue weighted by Gasteiger charge is 2.15. The number of H-pyrrole nitrogens is 1. The molecule has 0 unspecified atom stereocenters. The standard InChI is InChI=1S/C15H15N3OS/c1-18(9-12-3-2-6-20-12)15(19)14-8-10-7-11(16)4-5-13(10)17-14/h2-8,17H,9,16H2,1H3. The summed E-state index contributed by atoms with van der Waals surface area (Å²) in [6, 6.07) is 11.4. The van der Waals surface area contributed by atoms with Gasteiger partial charge in [0.2, 0.25) is 0 Å². The van der Waals surface area contributed by atoms with Crippen molar-refractivity contribution in [3.63, 3.8) is 0 Å². The summed E-state index contributed by atoms with van der Waals surface area (Å²) in [5.74, 6) is -0.0202. The van der Waals surface area contributed by atoms with Crippen LogP contribution in [0.25, 0.3) is 10.9 Å². The van der Waals surface area contributed by atoms with E-state index in [9.17, 15) is 4.79 Å². The van der Waals surface area contributed by atoms with Gasteiger partial charge in [-0.3, -0.25) is 4.79 Å². The fourth-order valence-electron chi connectivity index (χ4n) is 2.18. The van der Waals surface area contributed by atoms with Crippen LogP contribution in [-0.2, 0) is 6.54 Å². The second kappa shape index (κ2) is 5.02. The van der Waals surface area contributed by atoms with Gasteiger partial charge in [0.25, 0.3) is 5.91 Å². The van der Waals surface area contributed by atoms with Gasteiger partial charge in [-0.15, -0.1) is 11.3 Å². The molecule has 0 bridgehead atoms. The van der Waals surface area contributed by atoms with Crippen LogP contribution in [-0.4, -0.2) is 22.8 Å². The lowest BCUT2D eigenvalue weighted by molar-refractivity contribution is 0.0781. The zero-order valence-corrected chi connectivity index (χ0v) is 11.9. The molecule has 0 fully saturated rings. The Hall–Kier alpha value is -2.27. The molecule has 20 heavy (non-hydrogen) atoms. The van der Waals surface area contributed by atoms with Crippen molar-refractivity contribution in [1.29, 1.82) is 0 Å². The first-order chi connectivity index (χ1) is 9.63. The first-order valence-electron chi connectivity index (χ1n) is 6.29. The maximum absolute atomic E-state index is 12.4. The number of aromatic amines is 1. The summed E-state index contributed by atoms with van der Waals surface area (Å²) >= 11 is 1.65. The number of fused-ring (bicyclic) bond motifs is 1. The van der Waals surface area contributed by atoms with Crippen molar-refractivity contribution in [2.75, 3.05) is 12.8 Å². The summed E-state index contributed by atoms with van der Waals surface area (Å²) in [6.07, 6.45) is 0. The number of benzene rings is 1. The molecule has 0 radical (unpaired) electrons. The normalized spacial score (nSPS) is 10.8. The Morgan fingerprint density at radius 3 is 2.95 bits per heavy atom. The second-order valence-corrected chi connectivity index (χ2v) is 5.80. The van der Waals surface area contributed by atoms with Gasteiger partial charge in [-0.1, -0.05) is 6.07 Å². The van der Waals surface area contributed by atoms with Crippen LogP contribution in [0.5, 0.6) is 0 Å². The molecule has 0 saturated carbocycles. The number of hydrogen-bond acceptors (Lipinski definition) is 3. The number of hydrogen-bond donors (Lipinski definition) is 2. The molecule has 2 heterocycles. The van der Waals surface area contributed by atoms with E-state index in [-0.39, 0.29) is 5.91 Å². The number of nitrogens with zero attached hydrogens (tertiary/aromatic N) is 1. The van der Waals surface area contributed by atoms with E-state index >= 15 is 0 Å². The van der Waals surface area contributed by atoms with Gasteiger partial charge in [0.05, 0.1) is 6.54 Å². The molecular weight excluding hydrogens is 270 g/mol. The third-order valence-electron chi connectivity index (χ3n) is 3.20. The monoisotopic (exact) mass is 285 g/mol. The molecule has 5 heteroatoms. The molecule has 3 N–H and O–H groups in total. The molecule has 0 aliphatic carbocycles. The Morgan fingerprint density at radius 2 is 2.20 bits per heavy atom. The topological polar surface area (TPSA) is 62.1 Å². The summed E-state index contributed by atoms with van der Waals surface area (Å²) in [7, 11) is 1.81. The predicted octanol–water partition coefficient (Wildman–Crippen LogP) is 3.08. The lowest BCUT2D eigenvalue weighted by atomic mass is 10.2. The summed E-state index contributed by atoms with van der Waals surface area (Å²) in [5.41, 5.74) is 7.96. The SMILES string of the molecule is CN(Cc1cccs1)C(=O)c1cc2cc(N)ccc2[nH]1. The van der Waals surface area contributed by atoms with Gasteiger partial charge in [0, 0.05) is 28.5 Å². The Morgan fingerprint density at radius 1 is 1.35 bits per heavy atom. The van der Waals surface area contributed by atoms with Crippen LogP contribution in [0.2, 0.25) is 0 Å². The van der Waals surface area contributed by atoms with Crippen LogP contribution in [0, 0.1) is 0 Å². The number of nitrogens with two attached hydrogens (primary N) is 1. The molecule has 0 saturated heterocycles. The second-order valence-electron chi connectivity index (χ2n) is 4.77. The molecule has 0 aliphatic heterocycles. The smallest absolute Gasteiger partial charge is 0.270 e. The van der Waals surface area contributed by atoms with Crippen LogP contribution in [0.4, 0.5) is 5.69 Å². The average Bonchev–Trinajstić information content (AvgIpc) is 3.06. The summed E-state index contributed by atoms with van der Waals surface area (Å²) in [4.78, 5) is 18.4. The van der Waals surface area contributed by atoms with Crippen molar-refractivity contribution >= 4 is 33.8 Å². The van der Waals surface area contributed by atoms with E-state index in [0.29, 0.717) is 17.9 Å². The Balaban J connectivity index is 1.84. The quantitative estimate of drug-likeness (QED) is 0.726. The van der Waals surface area contributed by atoms with Crippen molar-refractivity contribution < 1.29 is 4.79 Å². The van der Waals surface area contributed by atoms with Crippen molar-refractivity contribution in [3.05, 3.63) is 52.3 Å². The van der Waals surface area contributed by atoms with E-state index in [0.717, 1.165) is 10.9 Å². The number of aromatic nitrogens is 1. The van der Waals surface area contributed by atoms with Gasteiger partial charge in [0.15, 0.2) is 0 Å². The molecule has 2 aromatic heterocycles. The van der Waals surface area contributed by atoms with Gasteiger partial charge >= 0.3 is 0 Å². The maximum Gasteiger partial charge on any atom is 0.270 e. The third kappa shape index (κ3) is 2.40. The minimum Gasteiger partial charge on any atom is -0.399 e. The molecular formula is C15H15N3OS. The lowest BCUT2D eigenvalue weighted by Gasteiger charge is -2.14. The van der Waals surface area contributed by atoms with E-state index in [4.69, 9.17) is 5.73 Å². The molecule has 0 aliphatic rings. The average molecular weight is 285 g/mol. The largest absolute Gasteiger partial charge is 0.399 e. The third-order valence-corrected chi connectivity index (χ3v) is 4.06. The Labute approximate surface area is 120 Å². The van der Waals surface area contributed by atoms with Gasteiger partial charge in [-0.25, -0.2) is 0 Å². The minimum absolute atomic E-state index is 0.0202. The number of carbonyl (C=O) groups excluding carboxylic acids is 1. The van der Waals surface area contributed by atoms with Crippen molar-refractivity contribution in [2.24, 2.45) is 0 Å². The minimum atomic E-state index is -0.0202. The Bertz CT molecular complexity index is 746. The van der Waals surface area contributed by atoms with Gasteiger partial charge in [0.1, 0.15) is 5.69 Å². The maximum atomic E-state index is 12.4. The number of anilines is 1. The number of nitrogen functional groups attached to an aromatic ring is 1. The van der Waals surface area contributed by atoms with Gasteiger partial charge < -0.3 is 15.6 Å². The fourth-order valence-corrected chi connectivity index (χ4v) is 2.94. The molecule has 102 valence electrons. The molecule has 0 spiro atoms. The van der Waals surface area contributed by atoms with Crippen LogP contribution in [0.3, 0.4) is 0 Å². The zero-order valence-electron chi connectivity index (χ0n) is 11.1. The van der Waals surface area contributed by atoms with E-state index in [1.807, 2.05) is 48.8 Å². The number of amides is 1. The predicted molar refractivity (Wildman–Crippen MR) is 82.8 cm³/mol. The molecule has 0 atom stereocenters. The highest BCUT2D eigenvalue weighted by atomic mass is 32.1. The van der Waals surface area contributed by atoms with Crippen LogP contribution >= 0.6 is 11.3 Å². The first-order valence-corrected chi connectivity index (χ1v) is 7.17. The van der Waals surface area contributed by atoms with Crippen LogP contribution in [0.1, 0.15) is 15.4 Å². The van der Waals surface area contributed by atoms with E-state index in [1.165, 1.54) is 4.88 Å². The number of thiophene rings is 1. The number of carbonyl (C=O) groups is 1. The highest BCUT2D eigenvalue weighted by Crippen LogP contribution is 2.20. The molecule has 1 aromatic carbocycles. The first kappa shape index (κ1) is 12.7. The zero-order chi connectivity index (χ0) is 14.1. The van der Waals surface area contributed by atoms with E-state index in [2.05, 4.69) is 4.98 Å². The summed E-state index contributed by atoms with van der Waals surface area (Å²) in [6.45, 7) is 0.619. The highest BCUT2D eigenvalue weighted by molar-refractivity contribution is 7.09. The number of nitrogens with one attached hydrogen (secondary N) is 1. The Kier molecular flexibility index (Phi) is 3.20. The van der Waals surface area contributed by atoms with E-state index < -0.39 is 0 Å². The fraction of sp³-hybridized carbons (Fsp3) is 0.133. The summed E-state index contributed by atoms with van der Waals surface area (Å²) in [5, 5.41) is 2.97. The number of rotatable bonds is 3. The molecule has 3 aromatic rings. The van der Waals surface area contributed by atoms with Gasteiger partial charge in [-0.05, 0) is 35.7 Å². The summed E-state index contributed by atoms with van der Waals surface area (Å²) < 4.78 is 0. The van der Waals surface area contributed by atoms with Crippen LogP contribution in [0.15, 0.2) is 41.8 Å². The molecule has 1 amide bonds.